The van der Waals surface area contributed by atoms with Crippen LogP contribution >= 0.6 is 0 Å². The first kappa shape index (κ1) is 20.8. The van der Waals surface area contributed by atoms with Gasteiger partial charge in [0.2, 0.25) is 0 Å². The molecule has 0 aromatic heterocycles. The Balaban J connectivity index is 0.000000427. The second-order valence-electron chi connectivity index (χ2n) is 5.41. The normalized spacial score (nSPS) is 9.04. The minimum absolute atomic E-state index is 0. The summed E-state index contributed by atoms with van der Waals surface area (Å²) in [6, 6.07) is 14.9. The van der Waals surface area contributed by atoms with E-state index in [1.54, 1.807) is 0 Å². The van der Waals surface area contributed by atoms with E-state index in [1.807, 2.05) is 6.07 Å². The van der Waals surface area contributed by atoms with Crippen LogP contribution in [0.1, 0.15) is 49.1 Å². The Labute approximate surface area is 141 Å². The van der Waals surface area contributed by atoms with E-state index in [0.717, 1.165) is 18.4 Å². The largest absolute Gasteiger partial charge is 0.0893 e. The van der Waals surface area contributed by atoms with Gasteiger partial charge in [-0.3, -0.25) is 0 Å². The van der Waals surface area contributed by atoms with E-state index >= 15 is 0 Å². The van der Waals surface area contributed by atoms with Gasteiger partial charge in [0.15, 0.2) is 0 Å². The fourth-order valence-corrected chi connectivity index (χ4v) is 2.18. The zero-order valence-electron chi connectivity index (χ0n) is 14.0. The highest BCUT2D eigenvalue weighted by Gasteiger charge is 1.95. The molecule has 0 aliphatic heterocycles. The molecule has 0 saturated heterocycles. The van der Waals surface area contributed by atoms with E-state index in [-0.39, 0.29) is 7.43 Å². The number of aryl methyl sites for hydroxylation is 4. The smallest absolute Gasteiger partial charge is 0.0511 e. The first-order valence-electron chi connectivity index (χ1n) is 7.74. The summed E-state index contributed by atoms with van der Waals surface area (Å²) in [7, 11) is 0. The van der Waals surface area contributed by atoms with Crippen molar-refractivity contribution in [2.24, 2.45) is 5.11 Å². The Morgan fingerprint density at radius 2 is 1.39 bits per heavy atom. The molecule has 0 bridgehead atoms. The molecule has 0 fully saturated rings. The lowest BCUT2D eigenvalue weighted by Crippen LogP contribution is -1.87. The van der Waals surface area contributed by atoms with Crippen molar-refractivity contribution in [3.8, 4) is 0 Å². The Morgan fingerprint density at radius 3 is 1.91 bits per heavy atom. The lowest BCUT2D eigenvalue weighted by Gasteiger charge is -2.02. The zero-order valence-corrected chi connectivity index (χ0v) is 14.0. The molecule has 0 atom stereocenters. The van der Waals surface area contributed by atoms with Crippen LogP contribution in [0.3, 0.4) is 0 Å². The summed E-state index contributed by atoms with van der Waals surface area (Å²) in [4.78, 5) is 2.74. The first-order chi connectivity index (χ1) is 10.6. The summed E-state index contributed by atoms with van der Waals surface area (Å²) < 4.78 is 0. The maximum atomic E-state index is 8.18. The summed E-state index contributed by atoms with van der Waals surface area (Å²) in [6.45, 7) is 8.90. The highest BCUT2D eigenvalue weighted by atomic mass is 15.1. The molecule has 2 rings (SSSR count). The third-order valence-electron chi connectivity index (χ3n) is 3.45. The highest BCUT2D eigenvalue weighted by molar-refractivity contribution is 5.29. The first-order valence-corrected chi connectivity index (χ1v) is 7.74. The molecule has 124 valence electrons. The van der Waals surface area contributed by atoms with Gasteiger partial charge >= 0.3 is 0 Å². The van der Waals surface area contributed by atoms with E-state index in [4.69, 9.17) is 5.53 Å². The van der Waals surface area contributed by atoms with Crippen LogP contribution in [-0.4, -0.2) is 0 Å². The molecular formula is C20H29N3. The van der Waals surface area contributed by atoms with Gasteiger partial charge in [0, 0.05) is 4.91 Å². The van der Waals surface area contributed by atoms with Gasteiger partial charge in [0.05, 0.1) is 6.54 Å². The van der Waals surface area contributed by atoms with Gasteiger partial charge in [0.1, 0.15) is 0 Å². The fraction of sp³-hybridized carbons (Fsp3) is 0.400. The number of rotatable bonds is 4. The van der Waals surface area contributed by atoms with Crippen molar-refractivity contribution in [2.45, 2.75) is 54.5 Å². The van der Waals surface area contributed by atoms with Crippen molar-refractivity contribution in [3.63, 3.8) is 0 Å². The molecule has 23 heavy (non-hydrogen) atoms. The van der Waals surface area contributed by atoms with Gasteiger partial charge in [-0.1, -0.05) is 80.0 Å². The Morgan fingerprint density at radius 1 is 0.826 bits per heavy atom. The second kappa shape index (κ2) is 11.3. The Hall–Kier alpha value is -2.25. The Kier molecular flexibility index (Phi) is 10.2. The lowest BCUT2D eigenvalue weighted by atomic mass is 10.1. The number of hydrogen-bond acceptors (Lipinski definition) is 1. The van der Waals surface area contributed by atoms with Gasteiger partial charge in [-0.2, -0.15) is 0 Å². The fourth-order valence-electron chi connectivity index (χ4n) is 2.18. The number of hydrogen-bond donors (Lipinski definition) is 0. The molecule has 0 radical (unpaired) electrons. The number of azide groups is 1. The van der Waals surface area contributed by atoms with Crippen LogP contribution in [0.2, 0.25) is 0 Å². The molecule has 0 saturated carbocycles. The summed E-state index contributed by atoms with van der Waals surface area (Å²) in [5, 5.41) is 3.54. The van der Waals surface area contributed by atoms with Gasteiger partial charge < -0.3 is 0 Å². The summed E-state index contributed by atoms with van der Waals surface area (Å²) in [5.41, 5.74) is 14.6. The van der Waals surface area contributed by atoms with Crippen LogP contribution in [0.25, 0.3) is 10.4 Å². The van der Waals surface area contributed by atoms with Crippen LogP contribution in [0.5, 0.6) is 0 Å². The molecule has 2 aromatic rings. The summed E-state index contributed by atoms with van der Waals surface area (Å²) >= 11 is 0. The Bertz CT molecular complexity index is 624. The standard InChI is InChI=1S/C10H13N3.C9H12.CH4/c1-3-9-4-8(2)5-10(6-9)7-12-13-11;1-3-9-6-4-8(2)5-7-9;/h4-6H,3,7H2,1-2H3;4-7H,3H2,1-2H3;1H4. The van der Waals surface area contributed by atoms with E-state index in [2.05, 4.69) is 74.1 Å². The molecule has 3 nitrogen and oxygen atoms in total. The van der Waals surface area contributed by atoms with E-state index < -0.39 is 0 Å². The molecule has 0 aliphatic carbocycles. The van der Waals surface area contributed by atoms with Gasteiger partial charge in [-0.15, -0.1) is 0 Å². The minimum atomic E-state index is 0. The van der Waals surface area contributed by atoms with Crippen LogP contribution in [0, 0.1) is 13.8 Å². The lowest BCUT2D eigenvalue weighted by molar-refractivity contribution is 1.02. The van der Waals surface area contributed by atoms with Crippen LogP contribution in [0.15, 0.2) is 47.6 Å². The predicted molar refractivity (Wildman–Crippen MR) is 101 cm³/mol. The summed E-state index contributed by atoms with van der Waals surface area (Å²) in [6.07, 6.45) is 2.16. The van der Waals surface area contributed by atoms with E-state index in [1.165, 1.54) is 22.3 Å². The highest BCUT2D eigenvalue weighted by Crippen LogP contribution is 2.11. The summed E-state index contributed by atoms with van der Waals surface area (Å²) in [5.74, 6) is 0. The molecular weight excluding hydrogens is 282 g/mol. The van der Waals surface area contributed by atoms with E-state index in [0.29, 0.717) is 6.54 Å². The molecule has 0 aliphatic rings. The third kappa shape index (κ3) is 8.08. The maximum Gasteiger partial charge on any atom is 0.0511 e. The average molecular weight is 311 g/mol. The van der Waals surface area contributed by atoms with Crippen LogP contribution in [-0.2, 0) is 19.4 Å². The van der Waals surface area contributed by atoms with Crippen molar-refractivity contribution < 1.29 is 0 Å². The maximum absolute atomic E-state index is 8.18. The number of benzene rings is 2. The quantitative estimate of drug-likeness (QED) is 0.349. The van der Waals surface area contributed by atoms with Crippen molar-refractivity contribution in [1.82, 2.24) is 0 Å². The molecule has 2 aromatic carbocycles. The molecule has 0 amide bonds. The molecule has 0 heterocycles. The van der Waals surface area contributed by atoms with Gasteiger partial charge in [-0.05, 0) is 48.9 Å². The molecule has 0 N–H and O–H groups in total. The van der Waals surface area contributed by atoms with Crippen molar-refractivity contribution in [2.75, 3.05) is 0 Å². The monoisotopic (exact) mass is 311 g/mol. The molecule has 3 heteroatoms. The van der Waals surface area contributed by atoms with Gasteiger partial charge in [-0.25, -0.2) is 0 Å². The van der Waals surface area contributed by atoms with Crippen LogP contribution in [0.4, 0.5) is 0 Å². The third-order valence-corrected chi connectivity index (χ3v) is 3.45. The predicted octanol–water partition coefficient (Wildman–Crippen LogP) is 6.56. The minimum Gasteiger partial charge on any atom is -0.0893 e. The van der Waals surface area contributed by atoms with Crippen molar-refractivity contribution in [1.29, 1.82) is 0 Å². The topological polar surface area (TPSA) is 48.8 Å². The van der Waals surface area contributed by atoms with E-state index in [9.17, 15) is 0 Å². The second-order valence-corrected chi connectivity index (χ2v) is 5.41. The molecule has 0 spiro atoms. The zero-order chi connectivity index (χ0) is 16.4. The molecule has 0 unspecified atom stereocenters. The van der Waals surface area contributed by atoms with Crippen LogP contribution < -0.4 is 0 Å². The average Bonchev–Trinajstić information content (AvgIpc) is 2.53. The van der Waals surface area contributed by atoms with Crippen molar-refractivity contribution in [3.05, 3.63) is 80.7 Å². The van der Waals surface area contributed by atoms with Gasteiger partial charge in [0.25, 0.3) is 0 Å². The van der Waals surface area contributed by atoms with Crippen molar-refractivity contribution >= 4 is 0 Å². The SMILES string of the molecule is C.CCc1cc(C)cc(CN=[N+]=[N-])c1.CCc1ccc(C)cc1. The number of nitrogens with zero attached hydrogens (tertiary/aromatic N) is 3.